The largest absolute Gasteiger partial charge is 0.494 e. The lowest BCUT2D eigenvalue weighted by Crippen LogP contribution is -1.89. The molecule has 0 radical (unpaired) electrons. The topological polar surface area (TPSA) is 45.4 Å². The number of hydrogen-bond acceptors (Lipinski definition) is 4. The second kappa shape index (κ2) is 6.99. The van der Waals surface area contributed by atoms with Gasteiger partial charge in [-0.2, -0.15) is 10.3 Å². The Morgan fingerprint density at radius 2 is 2.38 bits per heavy atom. The minimum Gasteiger partial charge on any atom is -0.494 e. The fraction of sp³-hybridized carbons (Fsp3) is 0.111. The maximum Gasteiger partial charge on any atom is 0.146 e. The van der Waals surface area contributed by atoms with Crippen LogP contribution in [0.25, 0.3) is 0 Å². The number of thiocarbonyl (C=S) groups is 1. The number of rotatable bonds is 4. The summed E-state index contributed by atoms with van der Waals surface area (Å²) in [4.78, 5) is 3.67. The normalized spacial score (nSPS) is 11.1. The van der Waals surface area contributed by atoms with Gasteiger partial charge in [-0.1, -0.05) is 12.7 Å². The Bertz CT molecular complexity index is 330. The minimum atomic E-state index is 0.333. The van der Waals surface area contributed by atoms with E-state index in [9.17, 15) is 0 Å². The maximum atomic E-state index is 8.42. The molecule has 0 saturated heterocycles. The molecule has 0 saturated carbocycles. The summed E-state index contributed by atoms with van der Waals surface area (Å²) in [6, 6.07) is 1.83. The smallest absolute Gasteiger partial charge is 0.146 e. The van der Waals surface area contributed by atoms with Gasteiger partial charge in [-0.05, 0) is 18.3 Å². The van der Waals surface area contributed by atoms with Crippen LogP contribution in [0.4, 0.5) is 0 Å². The molecule has 0 aliphatic rings. The van der Waals surface area contributed by atoms with Gasteiger partial charge in [0.05, 0.1) is 18.3 Å². The Labute approximate surface area is 82.4 Å². The first-order valence-corrected chi connectivity index (χ1v) is 3.75. The molecule has 0 fully saturated rings. The lowest BCUT2D eigenvalue weighted by Gasteiger charge is -2.02. The summed E-state index contributed by atoms with van der Waals surface area (Å²) in [5.41, 5.74) is 0.333. The highest BCUT2D eigenvalue weighted by Crippen LogP contribution is 2.11. The standard InChI is InChI=1S/C9H8N2OS/c1-3-4-9(12-2)8(5-6-10)11-7-13/h3-5H,1H2,2H3/b8-5-,9-4+. The van der Waals surface area contributed by atoms with Gasteiger partial charge in [-0.15, -0.1) is 0 Å². The van der Waals surface area contributed by atoms with E-state index in [1.54, 1.807) is 6.08 Å². The van der Waals surface area contributed by atoms with E-state index in [0.29, 0.717) is 11.5 Å². The summed E-state index contributed by atoms with van der Waals surface area (Å²) in [5, 5.41) is 10.6. The number of isothiocyanates is 1. The fourth-order valence-corrected chi connectivity index (χ4v) is 0.732. The predicted molar refractivity (Wildman–Crippen MR) is 54.0 cm³/mol. The van der Waals surface area contributed by atoms with Crippen molar-refractivity contribution in [1.29, 1.82) is 5.26 Å². The first-order valence-electron chi connectivity index (χ1n) is 3.34. The second-order valence-electron chi connectivity index (χ2n) is 1.83. The molecule has 0 aromatic rings. The van der Waals surface area contributed by atoms with Crippen LogP contribution in [0.1, 0.15) is 0 Å². The highest BCUT2D eigenvalue weighted by atomic mass is 32.1. The second-order valence-corrected chi connectivity index (χ2v) is 2.02. The van der Waals surface area contributed by atoms with Crippen LogP contribution in [0.3, 0.4) is 0 Å². The highest BCUT2D eigenvalue weighted by Gasteiger charge is 2.01. The number of methoxy groups -OCH3 is 1. The van der Waals surface area contributed by atoms with Crippen molar-refractivity contribution in [2.45, 2.75) is 0 Å². The zero-order valence-electron chi connectivity index (χ0n) is 7.15. The number of aliphatic imine (C=N–C) groups is 1. The summed E-state index contributed by atoms with van der Waals surface area (Å²) in [6.07, 6.45) is 4.33. The van der Waals surface area contributed by atoms with Crippen molar-refractivity contribution in [3.05, 3.63) is 36.3 Å². The molecule has 4 heteroatoms. The summed E-state index contributed by atoms with van der Waals surface area (Å²) in [6.45, 7) is 3.50. The van der Waals surface area contributed by atoms with Gasteiger partial charge in [0.25, 0.3) is 0 Å². The molecular weight excluding hydrogens is 184 g/mol. The SMILES string of the molecule is C=C/C=C(OC)\C(=C\C#N)N=C=S. The Morgan fingerprint density at radius 3 is 2.77 bits per heavy atom. The third-order valence-electron chi connectivity index (χ3n) is 1.11. The number of allylic oxidation sites excluding steroid dienone is 3. The van der Waals surface area contributed by atoms with E-state index in [-0.39, 0.29) is 0 Å². The molecule has 3 nitrogen and oxygen atoms in total. The van der Waals surface area contributed by atoms with Crippen molar-refractivity contribution in [1.82, 2.24) is 0 Å². The van der Waals surface area contributed by atoms with Gasteiger partial charge in [0.2, 0.25) is 0 Å². The summed E-state index contributed by atoms with van der Waals surface area (Å²) in [5.74, 6) is 0.425. The van der Waals surface area contributed by atoms with Gasteiger partial charge in [0, 0.05) is 6.08 Å². The molecular formula is C9H8N2OS. The van der Waals surface area contributed by atoms with Crippen LogP contribution >= 0.6 is 12.2 Å². The Hall–Kier alpha value is -1.69. The van der Waals surface area contributed by atoms with Crippen molar-refractivity contribution >= 4 is 17.4 Å². The monoisotopic (exact) mass is 192 g/mol. The van der Waals surface area contributed by atoms with E-state index < -0.39 is 0 Å². The van der Waals surface area contributed by atoms with E-state index in [0.717, 1.165) is 0 Å². The Kier molecular flexibility index (Phi) is 6.08. The molecule has 0 heterocycles. The average Bonchev–Trinajstić information content (AvgIpc) is 2.14. The molecule has 0 rings (SSSR count). The third-order valence-corrected chi connectivity index (χ3v) is 1.20. The Balaban J connectivity index is 5.04. The molecule has 0 aliphatic heterocycles. The minimum absolute atomic E-state index is 0.333. The lowest BCUT2D eigenvalue weighted by atomic mass is 10.3. The molecule has 0 aliphatic carbocycles. The van der Waals surface area contributed by atoms with Crippen LogP contribution in [-0.4, -0.2) is 12.3 Å². The van der Waals surface area contributed by atoms with Gasteiger partial charge in [0.1, 0.15) is 11.5 Å². The van der Waals surface area contributed by atoms with Gasteiger partial charge in [0.15, 0.2) is 0 Å². The Morgan fingerprint density at radius 1 is 1.69 bits per heavy atom. The molecule has 0 aromatic carbocycles. The van der Waals surface area contributed by atoms with Crippen molar-refractivity contribution < 1.29 is 4.74 Å². The summed E-state index contributed by atoms with van der Waals surface area (Å²) < 4.78 is 4.95. The van der Waals surface area contributed by atoms with E-state index in [1.807, 2.05) is 6.07 Å². The first kappa shape index (κ1) is 11.3. The molecule has 0 bridgehead atoms. The van der Waals surface area contributed by atoms with Crippen molar-refractivity contribution in [2.75, 3.05) is 7.11 Å². The van der Waals surface area contributed by atoms with Crippen LogP contribution in [-0.2, 0) is 4.74 Å². The fourth-order valence-electron chi connectivity index (χ4n) is 0.634. The number of hydrogen-bond donors (Lipinski definition) is 0. The molecule has 0 atom stereocenters. The molecule has 0 N–H and O–H groups in total. The van der Waals surface area contributed by atoms with Crippen molar-refractivity contribution in [3.63, 3.8) is 0 Å². The number of ether oxygens (including phenoxy) is 1. The summed E-state index contributed by atoms with van der Waals surface area (Å²) in [7, 11) is 1.47. The van der Waals surface area contributed by atoms with Gasteiger partial charge in [-0.25, -0.2) is 0 Å². The van der Waals surface area contributed by atoms with E-state index in [4.69, 9.17) is 10.00 Å². The zero-order valence-corrected chi connectivity index (χ0v) is 7.97. The number of nitrogens with zero attached hydrogens (tertiary/aromatic N) is 2. The molecule has 0 spiro atoms. The van der Waals surface area contributed by atoms with Gasteiger partial charge < -0.3 is 4.74 Å². The average molecular weight is 192 g/mol. The van der Waals surface area contributed by atoms with Crippen molar-refractivity contribution in [3.8, 4) is 6.07 Å². The van der Waals surface area contributed by atoms with Crippen LogP contribution < -0.4 is 0 Å². The van der Waals surface area contributed by atoms with Crippen LogP contribution in [0.15, 0.2) is 41.3 Å². The highest BCUT2D eigenvalue weighted by molar-refractivity contribution is 7.78. The predicted octanol–water partition coefficient (Wildman–Crippen LogP) is 2.21. The van der Waals surface area contributed by atoms with Crippen molar-refractivity contribution in [2.24, 2.45) is 4.99 Å². The molecule has 13 heavy (non-hydrogen) atoms. The van der Waals surface area contributed by atoms with Crippen LogP contribution in [0.2, 0.25) is 0 Å². The molecule has 0 unspecified atom stereocenters. The van der Waals surface area contributed by atoms with Gasteiger partial charge >= 0.3 is 0 Å². The van der Waals surface area contributed by atoms with Crippen LogP contribution in [0.5, 0.6) is 0 Å². The molecule has 0 amide bonds. The van der Waals surface area contributed by atoms with Crippen LogP contribution in [0, 0.1) is 11.3 Å². The maximum absolute atomic E-state index is 8.42. The van der Waals surface area contributed by atoms with E-state index in [1.165, 1.54) is 19.3 Å². The zero-order chi connectivity index (χ0) is 10.1. The molecule has 0 aromatic heterocycles. The van der Waals surface area contributed by atoms with Gasteiger partial charge in [-0.3, -0.25) is 0 Å². The lowest BCUT2D eigenvalue weighted by molar-refractivity contribution is 0.300. The summed E-state index contributed by atoms with van der Waals surface area (Å²) >= 11 is 4.42. The molecule has 66 valence electrons. The quantitative estimate of drug-likeness (QED) is 0.225. The first-order chi connectivity index (χ1) is 6.29. The number of nitriles is 1. The third kappa shape index (κ3) is 4.02. The van der Waals surface area contributed by atoms with E-state index >= 15 is 0 Å². The van der Waals surface area contributed by atoms with E-state index in [2.05, 4.69) is 29.0 Å².